The van der Waals surface area contributed by atoms with Crippen molar-refractivity contribution in [3.8, 4) is 5.75 Å². The van der Waals surface area contributed by atoms with Crippen LogP contribution < -0.4 is 15.6 Å². The van der Waals surface area contributed by atoms with E-state index >= 15 is 0 Å². The first-order valence-corrected chi connectivity index (χ1v) is 8.76. The molecule has 0 spiro atoms. The zero-order chi connectivity index (χ0) is 19.2. The van der Waals surface area contributed by atoms with Crippen molar-refractivity contribution in [1.29, 1.82) is 0 Å². The van der Waals surface area contributed by atoms with Crippen molar-refractivity contribution in [3.63, 3.8) is 0 Å². The first kappa shape index (κ1) is 18.6. The average Bonchev–Trinajstić information content (AvgIpc) is 2.67. The molecule has 0 aliphatic heterocycles. The van der Waals surface area contributed by atoms with Gasteiger partial charge in [0.05, 0.1) is 7.11 Å². The molecule has 0 aliphatic rings. The number of hydrogen-bond acceptors (Lipinski definition) is 3. The Kier molecular flexibility index (Phi) is 5.86. The van der Waals surface area contributed by atoms with Gasteiger partial charge in [0.2, 0.25) is 5.91 Å². The predicted octanol–water partition coefficient (Wildman–Crippen LogP) is 2.97. The molecule has 1 heterocycles. The van der Waals surface area contributed by atoms with Crippen LogP contribution in [0, 0.1) is 5.82 Å². The fourth-order valence-corrected chi connectivity index (χ4v) is 2.88. The molecule has 5 nitrogen and oxygen atoms in total. The standard InChI is InChI=1S/C21H21FN2O3/c1-27-18-6-2-14(3-7-18)10-11-23-20(25)9-4-15-12-16-13-17(22)5-8-19(16)24-21(15)26/h2-3,5-8,12-13H,4,9-11H2,1H3,(H,23,25)(H,24,26). The molecule has 6 heteroatoms. The number of carbonyl (C=O) groups is 1. The molecule has 0 radical (unpaired) electrons. The first-order chi connectivity index (χ1) is 13.0. The van der Waals surface area contributed by atoms with Crippen molar-refractivity contribution in [2.24, 2.45) is 0 Å². The monoisotopic (exact) mass is 368 g/mol. The Labute approximate surface area is 156 Å². The molecule has 1 amide bonds. The lowest BCUT2D eigenvalue weighted by atomic mass is 10.1. The molecule has 0 fully saturated rings. The highest BCUT2D eigenvalue weighted by atomic mass is 19.1. The predicted molar refractivity (Wildman–Crippen MR) is 103 cm³/mol. The van der Waals surface area contributed by atoms with Gasteiger partial charge in [-0.2, -0.15) is 0 Å². The molecule has 3 aromatic rings. The summed E-state index contributed by atoms with van der Waals surface area (Å²) in [5.74, 6) is 0.308. The largest absolute Gasteiger partial charge is 0.497 e. The fraction of sp³-hybridized carbons (Fsp3) is 0.238. The van der Waals surface area contributed by atoms with E-state index in [1.54, 1.807) is 13.2 Å². The molecule has 1 aromatic heterocycles. The zero-order valence-electron chi connectivity index (χ0n) is 15.0. The van der Waals surface area contributed by atoms with Crippen molar-refractivity contribution in [1.82, 2.24) is 10.3 Å². The number of rotatable bonds is 7. The number of aromatic amines is 1. The van der Waals surface area contributed by atoms with E-state index < -0.39 is 0 Å². The van der Waals surface area contributed by atoms with E-state index in [-0.39, 0.29) is 23.7 Å². The van der Waals surface area contributed by atoms with Crippen molar-refractivity contribution in [2.45, 2.75) is 19.3 Å². The summed E-state index contributed by atoms with van der Waals surface area (Å²) in [4.78, 5) is 26.8. The average molecular weight is 368 g/mol. The molecule has 0 saturated carbocycles. The number of carbonyl (C=O) groups excluding carboxylic acids is 1. The normalized spacial score (nSPS) is 10.7. The third-order valence-corrected chi connectivity index (χ3v) is 4.40. The fourth-order valence-electron chi connectivity index (χ4n) is 2.88. The summed E-state index contributed by atoms with van der Waals surface area (Å²) in [6.45, 7) is 0.518. The number of H-pyrrole nitrogens is 1. The minimum absolute atomic E-state index is 0.123. The maximum atomic E-state index is 13.3. The lowest BCUT2D eigenvalue weighted by Crippen LogP contribution is -2.26. The Morgan fingerprint density at radius 2 is 1.89 bits per heavy atom. The van der Waals surface area contributed by atoms with Gasteiger partial charge in [-0.05, 0) is 54.8 Å². The number of methoxy groups -OCH3 is 1. The quantitative estimate of drug-likeness (QED) is 0.674. The van der Waals surface area contributed by atoms with Crippen LogP contribution >= 0.6 is 0 Å². The van der Waals surface area contributed by atoms with Gasteiger partial charge >= 0.3 is 0 Å². The maximum absolute atomic E-state index is 13.3. The Hall–Kier alpha value is -3.15. The van der Waals surface area contributed by atoms with Crippen LogP contribution in [0.4, 0.5) is 4.39 Å². The number of halogens is 1. The van der Waals surface area contributed by atoms with Crippen molar-refractivity contribution in [3.05, 3.63) is 75.8 Å². The third kappa shape index (κ3) is 4.94. The van der Waals surface area contributed by atoms with Gasteiger partial charge in [0.15, 0.2) is 0 Å². The Bertz CT molecular complexity index is 996. The molecular weight excluding hydrogens is 347 g/mol. The SMILES string of the molecule is COc1ccc(CCNC(=O)CCc2cc3cc(F)ccc3[nH]c2=O)cc1. The lowest BCUT2D eigenvalue weighted by molar-refractivity contribution is -0.121. The number of fused-ring (bicyclic) bond motifs is 1. The Morgan fingerprint density at radius 1 is 1.11 bits per heavy atom. The summed E-state index contributed by atoms with van der Waals surface area (Å²) in [7, 11) is 1.62. The zero-order valence-corrected chi connectivity index (χ0v) is 15.0. The topological polar surface area (TPSA) is 71.2 Å². The summed E-state index contributed by atoms with van der Waals surface area (Å²) >= 11 is 0. The van der Waals surface area contributed by atoms with Crippen LogP contribution in [0.3, 0.4) is 0 Å². The van der Waals surface area contributed by atoms with Gasteiger partial charge in [-0.25, -0.2) is 4.39 Å². The van der Waals surface area contributed by atoms with E-state index in [0.29, 0.717) is 35.9 Å². The van der Waals surface area contributed by atoms with Gasteiger partial charge in [-0.1, -0.05) is 12.1 Å². The van der Waals surface area contributed by atoms with Crippen LogP contribution in [0.5, 0.6) is 5.75 Å². The minimum Gasteiger partial charge on any atom is -0.497 e. The smallest absolute Gasteiger partial charge is 0.251 e. The number of nitrogens with one attached hydrogen (secondary N) is 2. The summed E-state index contributed by atoms with van der Waals surface area (Å²) in [5, 5.41) is 3.47. The van der Waals surface area contributed by atoms with Gasteiger partial charge in [0.25, 0.3) is 5.56 Å². The van der Waals surface area contributed by atoms with Crippen molar-refractivity contribution < 1.29 is 13.9 Å². The maximum Gasteiger partial charge on any atom is 0.251 e. The summed E-state index contributed by atoms with van der Waals surface area (Å²) in [6.07, 6.45) is 1.22. The van der Waals surface area contributed by atoms with E-state index in [9.17, 15) is 14.0 Å². The van der Waals surface area contributed by atoms with Crippen LogP contribution in [0.15, 0.2) is 53.3 Å². The van der Waals surface area contributed by atoms with Crippen LogP contribution in [-0.2, 0) is 17.6 Å². The molecule has 2 N–H and O–H groups in total. The van der Waals surface area contributed by atoms with E-state index in [1.165, 1.54) is 18.2 Å². The molecule has 0 atom stereocenters. The molecule has 0 saturated heterocycles. The summed E-state index contributed by atoms with van der Waals surface area (Å²) in [6, 6.07) is 13.5. The highest BCUT2D eigenvalue weighted by Gasteiger charge is 2.07. The number of benzene rings is 2. The second-order valence-electron chi connectivity index (χ2n) is 6.30. The Balaban J connectivity index is 1.52. The number of aromatic nitrogens is 1. The van der Waals surface area contributed by atoms with Crippen LogP contribution in [-0.4, -0.2) is 24.5 Å². The molecule has 140 valence electrons. The molecule has 0 unspecified atom stereocenters. The lowest BCUT2D eigenvalue weighted by Gasteiger charge is -2.07. The molecule has 3 rings (SSSR count). The number of hydrogen-bond donors (Lipinski definition) is 2. The van der Waals surface area contributed by atoms with Crippen LogP contribution in [0.2, 0.25) is 0 Å². The van der Waals surface area contributed by atoms with Crippen molar-refractivity contribution in [2.75, 3.05) is 13.7 Å². The number of ether oxygens (including phenoxy) is 1. The second-order valence-corrected chi connectivity index (χ2v) is 6.30. The summed E-state index contributed by atoms with van der Waals surface area (Å²) in [5.41, 5.74) is 1.90. The van der Waals surface area contributed by atoms with Crippen molar-refractivity contribution >= 4 is 16.8 Å². The van der Waals surface area contributed by atoms with Gasteiger partial charge in [-0.3, -0.25) is 9.59 Å². The third-order valence-electron chi connectivity index (χ3n) is 4.40. The van der Waals surface area contributed by atoms with E-state index in [1.807, 2.05) is 24.3 Å². The van der Waals surface area contributed by atoms with E-state index in [2.05, 4.69) is 10.3 Å². The second kappa shape index (κ2) is 8.49. The van der Waals surface area contributed by atoms with Crippen LogP contribution in [0.25, 0.3) is 10.9 Å². The molecule has 27 heavy (non-hydrogen) atoms. The molecule has 0 aliphatic carbocycles. The van der Waals surface area contributed by atoms with Gasteiger partial charge in [0, 0.05) is 29.4 Å². The van der Waals surface area contributed by atoms with Gasteiger partial charge in [-0.15, -0.1) is 0 Å². The minimum atomic E-state index is -0.364. The van der Waals surface area contributed by atoms with Crippen LogP contribution in [0.1, 0.15) is 17.5 Å². The van der Waals surface area contributed by atoms with Gasteiger partial charge < -0.3 is 15.0 Å². The van der Waals surface area contributed by atoms with E-state index in [4.69, 9.17) is 4.74 Å². The Morgan fingerprint density at radius 3 is 2.63 bits per heavy atom. The number of amides is 1. The highest BCUT2D eigenvalue weighted by Crippen LogP contribution is 2.14. The first-order valence-electron chi connectivity index (χ1n) is 8.76. The molecule has 0 bridgehead atoms. The van der Waals surface area contributed by atoms with Gasteiger partial charge in [0.1, 0.15) is 11.6 Å². The number of aryl methyl sites for hydroxylation is 1. The van der Waals surface area contributed by atoms with E-state index in [0.717, 1.165) is 11.3 Å². The molecular formula is C21H21FN2O3. The number of pyridine rings is 1. The highest BCUT2D eigenvalue weighted by molar-refractivity contribution is 5.79. The molecule has 2 aromatic carbocycles. The summed E-state index contributed by atoms with van der Waals surface area (Å²) < 4.78 is 18.5.